The first-order valence-corrected chi connectivity index (χ1v) is 7.13. The predicted octanol–water partition coefficient (Wildman–Crippen LogP) is 1.26. The van der Waals surface area contributed by atoms with Crippen molar-refractivity contribution in [3.63, 3.8) is 0 Å². The molecule has 1 N–H and O–H groups in total. The molecule has 1 aliphatic rings. The van der Waals surface area contributed by atoms with Gasteiger partial charge in [0.1, 0.15) is 17.4 Å². The Kier molecular flexibility index (Phi) is 4.17. The van der Waals surface area contributed by atoms with Gasteiger partial charge in [-0.2, -0.15) is 0 Å². The average Bonchev–Trinajstić information content (AvgIpc) is 3.01. The number of amides is 1. The summed E-state index contributed by atoms with van der Waals surface area (Å²) in [5.41, 5.74) is 1.38. The Hall–Kier alpha value is -2.25. The molecule has 0 saturated carbocycles. The molecule has 7 nitrogen and oxygen atoms in total. The molecule has 1 saturated heterocycles. The van der Waals surface area contributed by atoms with Crippen LogP contribution in [0, 0.1) is 0 Å². The molecular formula is C15H17N3O4. The topological polar surface area (TPSA) is 88.7 Å². The van der Waals surface area contributed by atoms with Gasteiger partial charge in [-0.05, 0) is 19.1 Å². The van der Waals surface area contributed by atoms with Crippen LogP contribution in [0.3, 0.4) is 0 Å². The lowest BCUT2D eigenvalue weighted by Gasteiger charge is -2.27. The number of hydrogen-bond acceptors (Lipinski definition) is 6. The van der Waals surface area contributed by atoms with Crippen molar-refractivity contribution in [2.45, 2.75) is 13.0 Å². The normalized spacial score (nSPS) is 16.5. The first-order valence-electron chi connectivity index (χ1n) is 7.13. The number of carbonyl (C=O) groups excluding carboxylic acids is 1. The molecule has 116 valence electrons. The van der Waals surface area contributed by atoms with Gasteiger partial charge < -0.3 is 19.3 Å². The third-order valence-corrected chi connectivity index (χ3v) is 3.55. The van der Waals surface area contributed by atoms with Crippen LogP contribution in [0.25, 0.3) is 11.3 Å². The predicted molar refractivity (Wildman–Crippen MR) is 77.1 cm³/mol. The maximum atomic E-state index is 12.8. The zero-order valence-electron chi connectivity index (χ0n) is 12.2. The van der Waals surface area contributed by atoms with Crippen molar-refractivity contribution in [2.75, 3.05) is 26.3 Å². The van der Waals surface area contributed by atoms with Gasteiger partial charge in [-0.3, -0.25) is 9.78 Å². The Morgan fingerprint density at radius 3 is 2.82 bits per heavy atom. The van der Waals surface area contributed by atoms with E-state index in [4.69, 9.17) is 9.26 Å². The van der Waals surface area contributed by atoms with Gasteiger partial charge in [-0.25, -0.2) is 0 Å². The molecule has 0 spiro atoms. The van der Waals surface area contributed by atoms with Gasteiger partial charge in [-0.1, -0.05) is 5.16 Å². The summed E-state index contributed by atoms with van der Waals surface area (Å²) < 4.78 is 10.5. The van der Waals surface area contributed by atoms with Crippen LogP contribution in [0.4, 0.5) is 0 Å². The third kappa shape index (κ3) is 2.72. The molecule has 0 aromatic carbocycles. The van der Waals surface area contributed by atoms with Crippen LogP contribution in [0.2, 0.25) is 0 Å². The maximum Gasteiger partial charge on any atom is 0.260 e. The number of pyridine rings is 1. The van der Waals surface area contributed by atoms with Crippen LogP contribution in [-0.2, 0) is 4.74 Å². The van der Waals surface area contributed by atoms with Gasteiger partial charge >= 0.3 is 0 Å². The van der Waals surface area contributed by atoms with Gasteiger partial charge in [0.25, 0.3) is 5.91 Å². The summed E-state index contributed by atoms with van der Waals surface area (Å²) in [5.74, 6) is -0.0327. The molecule has 1 fully saturated rings. The first-order chi connectivity index (χ1) is 10.7. The number of aliphatic hydroxyl groups is 1. The second kappa shape index (κ2) is 6.25. The Labute approximate surface area is 127 Å². The van der Waals surface area contributed by atoms with Crippen LogP contribution in [0.1, 0.15) is 29.1 Å². The minimum atomic E-state index is -0.919. The summed E-state index contributed by atoms with van der Waals surface area (Å²) in [5, 5.41) is 13.8. The van der Waals surface area contributed by atoms with E-state index in [2.05, 4.69) is 10.1 Å². The number of aliphatic hydroxyl groups excluding tert-OH is 1. The van der Waals surface area contributed by atoms with Crippen molar-refractivity contribution in [3.05, 3.63) is 35.9 Å². The zero-order valence-corrected chi connectivity index (χ0v) is 12.2. The van der Waals surface area contributed by atoms with Crippen LogP contribution in [0.15, 0.2) is 29.0 Å². The van der Waals surface area contributed by atoms with Crippen molar-refractivity contribution in [1.29, 1.82) is 0 Å². The monoisotopic (exact) mass is 303 g/mol. The molecule has 1 aliphatic heterocycles. The van der Waals surface area contributed by atoms with Crippen molar-refractivity contribution in [3.8, 4) is 11.3 Å². The van der Waals surface area contributed by atoms with Gasteiger partial charge in [-0.15, -0.1) is 0 Å². The van der Waals surface area contributed by atoms with E-state index in [0.29, 0.717) is 43.1 Å². The zero-order chi connectivity index (χ0) is 15.5. The van der Waals surface area contributed by atoms with E-state index >= 15 is 0 Å². The summed E-state index contributed by atoms with van der Waals surface area (Å²) in [6.07, 6.45) is 2.33. The summed E-state index contributed by atoms with van der Waals surface area (Å²) >= 11 is 0. The van der Waals surface area contributed by atoms with Gasteiger partial charge in [0, 0.05) is 31.0 Å². The van der Waals surface area contributed by atoms with Gasteiger partial charge in [0.15, 0.2) is 5.76 Å². The highest BCUT2D eigenvalue weighted by molar-refractivity contribution is 6.01. The lowest BCUT2D eigenvalue weighted by atomic mass is 10.0. The van der Waals surface area contributed by atoms with E-state index in [0.717, 1.165) is 0 Å². The van der Waals surface area contributed by atoms with Crippen molar-refractivity contribution < 1.29 is 19.2 Å². The molecule has 3 heterocycles. The molecule has 1 unspecified atom stereocenters. The lowest BCUT2D eigenvalue weighted by molar-refractivity contribution is 0.0298. The minimum absolute atomic E-state index is 0.176. The summed E-state index contributed by atoms with van der Waals surface area (Å²) in [7, 11) is 0. The molecule has 22 heavy (non-hydrogen) atoms. The van der Waals surface area contributed by atoms with Crippen molar-refractivity contribution in [1.82, 2.24) is 15.0 Å². The van der Waals surface area contributed by atoms with Gasteiger partial charge in [0.05, 0.1) is 13.2 Å². The van der Waals surface area contributed by atoms with Crippen molar-refractivity contribution >= 4 is 5.91 Å². The van der Waals surface area contributed by atoms with E-state index in [1.54, 1.807) is 36.4 Å². The van der Waals surface area contributed by atoms with Crippen LogP contribution in [0.5, 0.6) is 0 Å². The second-order valence-corrected chi connectivity index (χ2v) is 5.09. The maximum absolute atomic E-state index is 12.8. The van der Waals surface area contributed by atoms with E-state index < -0.39 is 6.10 Å². The summed E-state index contributed by atoms with van der Waals surface area (Å²) in [4.78, 5) is 18.5. The number of aromatic nitrogens is 2. The smallest absolute Gasteiger partial charge is 0.260 e. The first kappa shape index (κ1) is 14.7. The number of ether oxygens (including phenoxy) is 1. The Balaban J connectivity index is 2.03. The number of rotatable bonds is 3. The third-order valence-electron chi connectivity index (χ3n) is 3.55. The van der Waals surface area contributed by atoms with E-state index in [1.807, 2.05) is 0 Å². The minimum Gasteiger partial charge on any atom is -0.385 e. The van der Waals surface area contributed by atoms with E-state index in [1.165, 1.54) is 0 Å². The molecule has 2 aromatic heterocycles. The number of carbonyl (C=O) groups is 1. The Bertz CT molecular complexity index is 648. The fraction of sp³-hybridized carbons (Fsp3) is 0.400. The lowest BCUT2D eigenvalue weighted by Crippen LogP contribution is -2.41. The quantitative estimate of drug-likeness (QED) is 0.918. The molecule has 0 aliphatic carbocycles. The number of hydrogen-bond donors (Lipinski definition) is 1. The molecule has 2 aromatic rings. The molecule has 1 atom stereocenters. The average molecular weight is 303 g/mol. The molecule has 7 heteroatoms. The fourth-order valence-electron chi connectivity index (χ4n) is 2.42. The SMILES string of the molecule is CC(O)c1onc(-c2cccnc2)c1C(=O)N1CCOCC1. The van der Waals surface area contributed by atoms with Crippen LogP contribution >= 0.6 is 0 Å². The second-order valence-electron chi connectivity index (χ2n) is 5.09. The number of morpholine rings is 1. The highest BCUT2D eigenvalue weighted by Crippen LogP contribution is 2.30. The van der Waals surface area contributed by atoms with Crippen molar-refractivity contribution in [2.24, 2.45) is 0 Å². The largest absolute Gasteiger partial charge is 0.385 e. The molecule has 0 radical (unpaired) electrons. The summed E-state index contributed by atoms with van der Waals surface area (Å²) in [6.45, 7) is 3.57. The van der Waals surface area contributed by atoms with Crippen LogP contribution in [-0.4, -0.2) is 52.4 Å². The standard InChI is InChI=1S/C15H17N3O4/c1-10(19)14-12(15(20)18-5-7-21-8-6-18)13(17-22-14)11-3-2-4-16-9-11/h2-4,9-10,19H,5-8H2,1H3. The van der Waals surface area contributed by atoms with Gasteiger partial charge in [0.2, 0.25) is 0 Å². The fourth-order valence-corrected chi connectivity index (χ4v) is 2.42. The number of nitrogens with zero attached hydrogens (tertiary/aromatic N) is 3. The highest BCUT2D eigenvalue weighted by Gasteiger charge is 2.30. The highest BCUT2D eigenvalue weighted by atomic mass is 16.5. The Morgan fingerprint density at radius 2 is 2.18 bits per heavy atom. The molecule has 0 bridgehead atoms. The van der Waals surface area contributed by atoms with Crippen LogP contribution < -0.4 is 0 Å². The molecule has 1 amide bonds. The molecular weight excluding hydrogens is 286 g/mol. The Morgan fingerprint density at radius 1 is 1.41 bits per heavy atom. The van der Waals surface area contributed by atoms with E-state index in [-0.39, 0.29) is 11.7 Å². The summed E-state index contributed by atoms with van der Waals surface area (Å²) in [6, 6.07) is 3.56. The molecule has 3 rings (SSSR count). The van der Waals surface area contributed by atoms with E-state index in [9.17, 15) is 9.90 Å².